The Morgan fingerprint density at radius 1 is 1.50 bits per heavy atom. The zero-order valence-electron chi connectivity index (χ0n) is 8.58. The lowest BCUT2D eigenvalue weighted by Crippen LogP contribution is -2.19. The first-order valence-corrected chi connectivity index (χ1v) is 4.94. The van der Waals surface area contributed by atoms with E-state index in [0.29, 0.717) is 0 Å². The highest BCUT2D eigenvalue weighted by Crippen LogP contribution is 2.31. The van der Waals surface area contributed by atoms with E-state index in [1.165, 1.54) is 0 Å². The molecule has 0 atom stereocenters. The van der Waals surface area contributed by atoms with Gasteiger partial charge >= 0.3 is 12.3 Å². The monoisotopic (exact) mass is 279 g/mol. The van der Waals surface area contributed by atoms with Crippen molar-refractivity contribution in [2.75, 3.05) is 0 Å². The number of nitriles is 1. The Hall–Kier alpha value is -1.94. The van der Waals surface area contributed by atoms with Gasteiger partial charge in [-0.2, -0.15) is 5.26 Å². The molecule has 0 aliphatic carbocycles. The second kappa shape index (κ2) is 5.14. The van der Waals surface area contributed by atoms with Crippen molar-refractivity contribution >= 4 is 17.6 Å². The summed E-state index contributed by atoms with van der Waals surface area (Å²) in [6, 6.07) is 3.27. The third-order valence-corrected chi connectivity index (χ3v) is 2.20. The van der Waals surface area contributed by atoms with E-state index in [4.69, 9.17) is 22.0 Å². The lowest BCUT2D eigenvalue weighted by atomic mass is 10.0. The summed E-state index contributed by atoms with van der Waals surface area (Å²) in [6.07, 6.45) is -5.00. The van der Waals surface area contributed by atoms with Crippen molar-refractivity contribution in [2.45, 2.75) is 12.2 Å². The first-order chi connectivity index (χ1) is 8.28. The molecule has 1 aromatic rings. The first kappa shape index (κ1) is 14.1. The molecule has 0 aliphatic heterocycles. The highest BCUT2D eigenvalue weighted by Gasteiger charge is 2.33. The molecule has 0 aromatic heterocycles. The van der Waals surface area contributed by atoms with Crippen LogP contribution in [0.3, 0.4) is 0 Å². The zero-order valence-corrected chi connectivity index (χ0v) is 9.34. The second-order valence-electron chi connectivity index (χ2n) is 3.10. The van der Waals surface area contributed by atoms with E-state index < -0.39 is 29.5 Å². The average molecular weight is 280 g/mol. The topological polar surface area (TPSA) is 70.3 Å². The number of hydrogen-bond acceptors (Lipinski definition) is 3. The minimum absolute atomic E-state index is 0.263. The molecule has 18 heavy (non-hydrogen) atoms. The molecule has 0 spiro atoms. The van der Waals surface area contributed by atoms with Crippen LogP contribution in [0, 0.1) is 11.3 Å². The molecule has 0 bridgehead atoms. The summed E-state index contributed by atoms with van der Waals surface area (Å²) in [5, 5.41) is 17.5. The maximum Gasteiger partial charge on any atom is 0.573 e. The fraction of sp³-hybridized carbons (Fsp3) is 0.200. The van der Waals surface area contributed by atoms with Gasteiger partial charge in [-0.1, -0.05) is 0 Å². The van der Waals surface area contributed by atoms with E-state index in [2.05, 4.69) is 4.74 Å². The summed E-state index contributed by atoms with van der Waals surface area (Å²) in [6.45, 7) is 0. The number of halogens is 4. The predicted octanol–water partition coefficient (Wildman–Crippen LogP) is 2.89. The highest BCUT2D eigenvalue weighted by atomic mass is 35.5. The predicted molar refractivity (Wildman–Crippen MR) is 54.4 cm³/mol. The highest BCUT2D eigenvalue weighted by molar-refractivity contribution is 6.18. The Bertz CT molecular complexity index is 522. The van der Waals surface area contributed by atoms with E-state index in [-0.39, 0.29) is 11.1 Å². The van der Waals surface area contributed by atoms with Crippen molar-refractivity contribution in [2.24, 2.45) is 0 Å². The zero-order chi connectivity index (χ0) is 13.9. The fourth-order valence-electron chi connectivity index (χ4n) is 1.25. The van der Waals surface area contributed by atoms with Crippen LogP contribution >= 0.6 is 11.6 Å². The number of carboxylic acids is 1. The molecule has 96 valence electrons. The summed E-state index contributed by atoms with van der Waals surface area (Å²) in [5.41, 5.74) is -1.09. The molecular weight excluding hydrogens is 275 g/mol. The number of carboxylic acid groups (broad SMARTS) is 1. The van der Waals surface area contributed by atoms with Crippen molar-refractivity contribution in [1.29, 1.82) is 5.26 Å². The quantitative estimate of drug-likeness (QED) is 0.864. The van der Waals surface area contributed by atoms with Crippen LogP contribution in [-0.2, 0) is 5.88 Å². The number of benzene rings is 1. The Labute approximate surface area is 104 Å². The molecule has 0 saturated heterocycles. The van der Waals surface area contributed by atoms with Gasteiger partial charge in [-0.25, -0.2) is 4.79 Å². The number of hydrogen-bond donors (Lipinski definition) is 1. The van der Waals surface area contributed by atoms with Gasteiger partial charge in [-0.05, 0) is 12.1 Å². The van der Waals surface area contributed by atoms with Crippen LogP contribution in [0.2, 0.25) is 0 Å². The normalized spacial score (nSPS) is 10.8. The van der Waals surface area contributed by atoms with Crippen molar-refractivity contribution in [3.05, 3.63) is 28.8 Å². The molecule has 0 amide bonds. The third-order valence-electron chi connectivity index (χ3n) is 1.93. The molecule has 0 heterocycles. The Balaban J connectivity index is 3.44. The number of alkyl halides is 4. The van der Waals surface area contributed by atoms with Crippen LogP contribution < -0.4 is 4.74 Å². The standard InChI is InChI=1S/C10H5ClF3NO3/c11-3-7-6(9(16)17)1-5(4-15)2-8(7)18-10(12,13)14/h1-2H,3H2,(H,16,17). The van der Waals surface area contributed by atoms with E-state index in [1.54, 1.807) is 6.07 Å². The Morgan fingerprint density at radius 2 is 2.11 bits per heavy atom. The molecular formula is C10H5ClF3NO3. The van der Waals surface area contributed by atoms with Crippen molar-refractivity contribution in [1.82, 2.24) is 0 Å². The van der Waals surface area contributed by atoms with Gasteiger partial charge in [0.05, 0.1) is 23.1 Å². The molecule has 1 aromatic carbocycles. The summed E-state index contributed by atoms with van der Waals surface area (Å²) < 4.78 is 40.0. The maximum absolute atomic E-state index is 12.1. The molecule has 0 saturated carbocycles. The maximum atomic E-state index is 12.1. The first-order valence-electron chi connectivity index (χ1n) is 4.40. The lowest BCUT2D eigenvalue weighted by Gasteiger charge is -2.14. The summed E-state index contributed by atoms with van der Waals surface area (Å²) in [4.78, 5) is 10.9. The number of nitrogens with zero attached hydrogens (tertiary/aromatic N) is 1. The summed E-state index contributed by atoms with van der Waals surface area (Å²) in [5.74, 6) is -2.76. The van der Waals surface area contributed by atoms with Crippen LogP contribution in [0.1, 0.15) is 21.5 Å². The van der Waals surface area contributed by atoms with Gasteiger partial charge in [0.1, 0.15) is 5.75 Å². The molecule has 4 nitrogen and oxygen atoms in total. The number of aromatic carboxylic acids is 1. The van der Waals surface area contributed by atoms with Gasteiger partial charge in [-0.3, -0.25) is 0 Å². The van der Waals surface area contributed by atoms with Gasteiger partial charge in [-0.15, -0.1) is 24.8 Å². The van der Waals surface area contributed by atoms with Gasteiger partial charge in [0.25, 0.3) is 0 Å². The third kappa shape index (κ3) is 3.28. The number of carbonyl (C=O) groups is 1. The minimum atomic E-state index is -5.00. The second-order valence-corrected chi connectivity index (χ2v) is 3.37. The largest absolute Gasteiger partial charge is 0.573 e. The molecule has 0 unspecified atom stereocenters. The van der Waals surface area contributed by atoms with E-state index in [1.807, 2.05) is 0 Å². The molecule has 0 aliphatic rings. The SMILES string of the molecule is N#Cc1cc(OC(F)(F)F)c(CCl)c(C(=O)O)c1. The van der Waals surface area contributed by atoms with E-state index >= 15 is 0 Å². The Kier molecular flexibility index (Phi) is 4.03. The smallest absolute Gasteiger partial charge is 0.478 e. The van der Waals surface area contributed by atoms with Crippen LogP contribution in [-0.4, -0.2) is 17.4 Å². The molecule has 8 heteroatoms. The summed E-state index contributed by atoms with van der Waals surface area (Å²) >= 11 is 5.41. The fourth-order valence-corrected chi connectivity index (χ4v) is 1.53. The van der Waals surface area contributed by atoms with E-state index in [0.717, 1.165) is 12.1 Å². The molecule has 0 radical (unpaired) electrons. The Morgan fingerprint density at radius 3 is 2.50 bits per heavy atom. The van der Waals surface area contributed by atoms with Crippen LogP contribution in [0.25, 0.3) is 0 Å². The number of rotatable bonds is 3. The molecule has 1 rings (SSSR count). The molecule has 1 N–H and O–H groups in total. The lowest BCUT2D eigenvalue weighted by molar-refractivity contribution is -0.274. The van der Waals surface area contributed by atoms with Gasteiger partial charge in [0.15, 0.2) is 0 Å². The van der Waals surface area contributed by atoms with Gasteiger partial charge in [0, 0.05) is 5.56 Å². The van der Waals surface area contributed by atoms with E-state index in [9.17, 15) is 18.0 Å². The van der Waals surface area contributed by atoms with Crippen LogP contribution in [0.5, 0.6) is 5.75 Å². The number of ether oxygens (including phenoxy) is 1. The molecule has 0 fully saturated rings. The van der Waals surface area contributed by atoms with Gasteiger partial charge in [0.2, 0.25) is 0 Å². The van der Waals surface area contributed by atoms with Crippen molar-refractivity contribution < 1.29 is 27.8 Å². The summed E-state index contributed by atoms with van der Waals surface area (Å²) in [7, 11) is 0. The van der Waals surface area contributed by atoms with Crippen LogP contribution in [0.4, 0.5) is 13.2 Å². The van der Waals surface area contributed by atoms with Crippen LogP contribution in [0.15, 0.2) is 12.1 Å². The average Bonchev–Trinajstić information content (AvgIpc) is 2.25. The van der Waals surface area contributed by atoms with Gasteiger partial charge < -0.3 is 9.84 Å². The minimum Gasteiger partial charge on any atom is -0.478 e. The van der Waals surface area contributed by atoms with Crippen molar-refractivity contribution in [3.63, 3.8) is 0 Å². The van der Waals surface area contributed by atoms with Crippen molar-refractivity contribution in [3.8, 4) is 11.8 Å².